The number of carbonyl (C=O) groups excluding carboxylic acids is 1. The van der Waals surface area contributed by atoms with Gasteiger partial charge in [0.2, 0.25) is 0 Å². The summed E-state index contributed by atoms with van der Waals surface area (Å²) < 4.78 is 19.8. The number of hydrogen-bond acceptors (Lipinski definition) is 5. The Morgan fingerprint density at radius 3 is 2.80 bits per heavy atom. The van der Waals surface area contributed by atoms with Crippen LogP contribution in [0.4, 0.5) is 15.9 Å². The van der Waals surface area contributed by atoms with E-state index in [1.165, 1.54) is 17.4 Å². The van der Waals surface area contributed by atoms with E-state index in [0.717, 1.165) is 23.6 Å². The van der Waals surface area contributed by atoms with E-state index in [1.54, 1.807) is 24.4 Å². The monoisotopic (exact) mass is 357 g/mol. The highest BCUT2D eigenvalue weighted by molar-refractivity contribution is 7.20. The Balaban J connectivity index is 1.49. The van der Waals surface area contributed by atoms with Crippen molar-refractivity contribution in [2.45, 2.75) is 0 Å². The van der Waals surface area contributed by atoms with Crippen molar-refractivity contribution in [3.63, 3.8) is 0 Å². The number of pyridine rings is 1. The molecule has 1 amide bonds. The molecular weight excluding hydrogens is 341 g/mol. The van der Waals surface area contributed by atoms with E-state index in [9.17, 15) is 9.18 Å². The maximum atomic E-state index is 13.8. The minimum absolute atomic E-state index is 0.262. The molecule has 7 heteroatoms. The smallest absolute Gasteiger partial charge is 0.265 e. The fraction of sp³-hybridized carbons (Fsp3) is 0.222. The van der Waals surface area contributed by atoms with Crippen LogP contribution in [0.1, 0.15) is 9.67 Å². The maximum absolute atomic E-state index is 13.8. The van der Waals surface area contributed by atoms with E-state index >= 15 is 0 Å². The largest absolute Gasteiger partial charge is 0.378 e. The number of fused-ring (bicyclic) bond motifs is 1. The predicted octanol–water partition coefficient (Wildman–Crippen LogP) is 3.52. The van der Waals surface area contributed by atoms with Gasteiger partial charge in [0.1, 0.15) is 11.6 Å². The van der Waals surface area contributed by atoms with E-state index in [1.807, 2.05) is 12.1 Å². The summed E-state index contributed by atoms with van der Waals surface area (Å²) in [7, 11) is 0. The zero-order valence-corrected chi connectivity index (χ0v) is 14.2. The summed E-state index contributed by atoms with van der Waals surface area (Å²) in [6.45, 7) is 3.02. The number of halogens is 1. The van der Waals surface area contributed by atoms with Crippen molar-refractivity contribution in [2.24, 2.45) is 0 Å². The number of morpholine rings is 1. The van der Waals surface area contributed by atoms with Crippen LogP contribution in [-0.2, 0) is 4.74 Å². The average molecular weight is 357 g/mol. The first-order valence-corrected chi connectivity index (χ1v) is 8.80. The number of nitrogens with one attached hydrogen (secondary N) is 1. The van der Waals surface area contributed by atoms with Crippen LogP contribution in [-0.4, -0.2) is 37.2 Å². The first-order chi connectivity index (χ1) is 12.2. The van der Waals surface area contributed by atoms with Gasteiger partial charge in [-0.15, -0.1) is 11.3 Å². The minimum Gasteiger partial charge on any atom is -0.378 e. The Bertz CT molecular complexity index is 904. The molecule has 0 unspecified atom stereocenters. The Hall–Kier alpha value is -2.51. The molecule has 0 atom stereocenters. The molecule has 3 heterocycles. The highest BCUT2D eigenvalue weighted by atomic mass is 32.1. The molecule has 0 aliphatic carbocycles. The quantitative estimate of drug-likeness (QED) is 0.779. The van der Waals surface area contributed by atoms with Crippen molar-refractivity contribution in [3.8, 4) is 0 Å². The molecule has 1 saturated heterocycles. The zero-order valence-electron chi connectivity index (χ0n) is 13.4. The van der Waals surface area contributed by atoms with Gasteiger partial charge >= 0.3 is 0 Å². The fourth-order valence-electron chi connectivity index (χ4n) is 2.77. The molecule has 2 aromatic heterocycles. The summed E-state index contributed by atoms with van der Waals surface area (Å²) in [6.07, 6.45) is 1.64. The number of thiophene rings is 1. The van der Waals surface area contributed by atoms with E-state index < -0.39 is 0 Å². The number of hydrogen-bond donors (Lipinski definition) is 1. The fourth-order valence-corrected chi connectivity index (χ4v) is 3.74. The molecule has 1 fully saturated rings. The van der Waals surface area contributed by atoms with Crippen molar-refractivity contribution in [1.29, 1.82) is 0 Å². The van der Waals surface area contributed by atoms with Gasteiger partial charge in [0.15, 0.2) is 0 Å². The standard InChI is InChI=1S/C18H16FN3O2S/c19-14-2-1-3-15-13(14)10-16(25-15)18(23)21-12-4-5-17(20-11-12)22-6-8-24-9-7-22/h1-5,10-11H,6-9H2,(H,21,23). The zero-order chi connectivity index (χ0) is 17.2. The van der Waals surface area contributed by atoms with E-state index in [0.29, 0.717) is 29.2 Å². The summed E-state index contributed by atoms with van der Waals surface area (Å²) in [5, 5.41) is 3.28. The first-order valence-electron chi connectivity index (χ1n) is 7.99. The lowest BCUT2D eigenvalue weighted by molar-refractivity contribution is 0.103. The molecule has 1 aromatic carbocycles. The van der Waals surface area contributed by atoms with Crippen LogP contribution in [0.2, 0.25) is 0 Å². The van der Waals surface area contributed by atoms with Crippen molar-refractivity contribution < 1.29 is 13.9 Å². The summed E-state index contributed by atoms with van der Waals surface area (Å²) in [6, 6.07) is 10.1. The summed E-state index contributed by atoms with van der Waals surface area (Å²) in [5.74, 6) is 0.288. The molecule has 3 aromatic rings. The number of nitrogens with zero attached hydrogens (tertiary/aromatic N) is 2. The lowest BCUT2D eigenvalue weighted by Gasteiger charge is -2.27. The third-order valence-electron chi connectivity index (χ3n) is 4.07. The molecule has 1 aliphatic heterocycles. The molecule has 0 radical (unpaired) electrons. The molecule has 0 spiro atoms. The van der Waals surface area contributed by atoms with Crippen molar-refractivity contribution >= 4 is 38.8 Å². The molecule has 128 valence electrons. The lowest BCUT2D eigenvalue weighted by atomic mass is 10.2. The highest BCUT2D eigenvalue weighted by Crippen LogP contribution is 2.28. The van der Waals surface area contributed by atoms with Gasteiger partial charge in [0.25, 0.3) is 5.91 Å². The molecule has 5 nitrogen and oxygen atoms in total. The third-order valence-corrected chi connectivity index (χ3v) is 5.17. The van der Waals surface area contributed by atoms with Gasteiger partial charge in [-0.05, 0) is 30.3 Å². The molecule has 4 rings (SSSR count). The number of ether oxygens (including phenoxy) is 1. The van der Waals surface area contributed by atoms with Crippen LogP contribution in [0.3, 0.4) is 0 Å². The van der Waals surface area contributed by atoms with Crippen LogP contribution in [0.15, 0.2) is 42.6 Å². The second kappa shape index (κ2) is 6.78. The van der Waals surface area contributed by atoms with Crippen LogP contribution >= 0.6 is 11.3 Å². The van der Waals surface area contributed by atoms with Gasteiger partial charge < -0.3 is 15.0 Å². The SMILES string of the molecule is O=C(Nc1ccc(N2CCOCC2)nc1)c1cc2c(F)cccc2s1. The first kappa shape index (κ1) is 16.0. The van der Waals surface area contributed by atoms with Gasteiger partial charge in [-0.1, -0.05) is 6.07 Å². The number of anilines is 2. The summed E-state index contributed by atoms with van der Waals surface area (Å²) in [5.41, 5.74) is 0.611. The van der Waals surface area contributed by atoms with Crippen molar-refractivity contribution in [1.82, 2.24) is 4.98 Å². The minimum atomic E-state index is -0.315. The molecule has 25 heavy (non-hydrogen) atoms. The van der Waals surface area contributed by atoms with Gasteiger partial charge in [-0.25, -0.2) is 9.37 Å². The molecule has 1 N–H and O–H groups in total. The molecule has 1 aliphatic rings. The second-order valence-corrected chi connectivity index (χ2v) is 6.80. The topological polar surface area (TPSA) is 54.5 Å². The van der Waals surface area contributed by atoms with E-state index in [-0.39, 0.29) is 11.7 Å². The number of aromatic nitrogens is 1. The van der Waals surface area contributed by atoms with Gasteiger partial charge in [-0.3, -0.25) is 4.79 Å². The van der Waals surface area contributed by atoms with Crippen LogP contribution in [0.25, 0.3) is 10.1 Å². The van der Waals surface area contributed by atoms with E-state index in [2.05, 4.69) is 15.2 Å². The Morgan fingerprint density at radius 2 is 2.08 bits per heavy atom. The lowest BCUT2D eigenvalue weighted by Crippen LogP contribution is -2.36. The van der Waals surface area contributed by atoms with Crippen LogP contribution < -0.4 is 10.2 Å². The summed E-state index contributed by atoms with van der Waals surface area (Å²) in [4.78, 5) is 19.4. The Morgan fingerprint density at radius 1 is 1.24 bits per heavy atom. The molecule has 0 saturated carbocycles. The van der Waals surface area contributed by atoms with Crippen LogP contribution in [0.5, 0.6) is 0 Å². The Kier molecular flexibility index (Phi) is 4.33. The second-order valence-electron chi connectivity index (χ2n) is 5.72. The van der Waals surface area contributed by atoms with E-state index in [4.69, 9.17) is 4.74 Å². The van der Waals surface area contributed by atoms with Crippen molar-refractivity contribution in [3.05, 3.63) is 53.3 Å². The predicted molar refractivity (Wildman–Crippen MR) is 97.0 cm³/mol. The molecule has 0 bridgehead atoms. The number of amides is 1. The maximum Gasteiger partial charge on any atom is 0.265 e. The van der Waals surface area contributed by atoms with Crippen LogP contribution in [0, 0.1) is 5.82 Å². The average Bonchev–Trinajstić information content (AvgIpc) is 3.09. The van der Waals surface area contributed by atoms with Gasteiger partial charge in [0, 0.05) is 23.2 Å². The third kappa shape index (κ3) is 3.33. The van der Waals surface area contributed by atoms with Crippen molar-refractivity contribution in [2.75, 3.05) is 36.5 Å². The molecular formula is C18H16FN3O2S. The Labute approximate surface area is 148 Å². The summed E-state index contributed by atoms with van der Waals surface area (Å²) >= 11 is 1.27. The van der Waals surface area contributed by atoms with Gasteiger partial charge in [0.05, 0.1) is 30.0 Å². The number of rotatable bonds is 3. The number of benzene rings is 1. The normalized spacial score (nSPS) is 14.7. The van der Waals surface area contributed by atoms with Gasteiger partial charge in [-0.2, -0.15) is 0 Å². The number of carbonyl (C=O) groups is 1. The highest BCUT2D eigenvalue weighted by Gasteiger charge is 2.14.